The van der Waals surface area contributed by atoms with Gasteiger partial charge in [-0.05, 0) is 29.8 Å². The van der Waals surface area contributed by atoms with Gasteiger partial charge in [0.05, 0.1) is 13.1 Å². The molecule has 0 aliphatic rings. The SMILES string of the molecule is O=C(CCn1nc2ccccn2c1=O)Nc1ncn(Cc2ccc(Br)cc2)n1. The van der Waals surface area contributed by atoms with Crippen LogP contribution in [0.25, 0.3) is 5.65 Å². The third kappa shape index (κ3) is 4.01. The molecule has 1 aromatic carbocycles. The minimum absolute atomic E-state index is 0.0883. The van der Waals surface area contributed by atoms with E-state index in [0.717, 1.165) is 10.0 Å². The van der Waals surface area contributed by atoms with E-state index >= 15 is 0 Å². The third-order valence-electron chi connectivity index (χ3n) is 4.08. The second kappa shape index (κ2) is 7.77. The topological polar surface area (TPSA) is 99.1 Å². The molecular formula is C18H16BrN7O2. The lowest BCUT2D eigenvalue weighted by atomic mass is 10.2. The number of fused-ring (bicyclic) bond motifs is 1. The Bertz CT molecular complexity index is 1180. The third-order valence-corrected chi connectivity index (χ3v) is 4.61. The maximum Gasteiger partial charge on any atom is 0.350 e. The number of aromatic nitrogens is 6. The molecule has 1 amide bonds. The average Bonchev–Trinajstić information content (AvgIpc) is 3.26. The first kappa shape index (κ1) is 18.1. The summed E-state index contributed by atoms with van der Waals surface area (Å²) in [4.78, 5) is 28.5. The predicted molar refractivity (Wildman–Crippen MR) is 106 cm³/mol. The van der Waals surface area contributed by atoms with Crippen LogP contribution in [0.5, 0.6) is 0 Å². The zero-order chi connectivity index (χ0) is 19.5. The molecule has 0 unspecified atom stereocenters. The largest absolute Gasteiger partial charge is 0.350 e. The number of pyridine rings is 1. The van der Waals surface area contributed by atoms with E-state index in [4.69, 9.17) is 0 Å². The number of hydrogen-bond acceptors (Lipinski definition) is 5. The van der Waals surface area contributed by atoms with Crippen LogP contribution in [0.15, 0.2) is 64.3 Å². The molecule has 4 rings (SSSR count). The minimum atomic E-state index is -0.287. The van der Waals surface area contributed by atoms with Gasteiger partial charge in [-0.2, -0.15) is 0 Å². The number of benzene rings is 1. The highest BCUT2D eigenvalue weighted by Crippen LogP contribution is 2.11. The normalized spacial score (nSPS) is 11.0. The summed E-state index contributed by atoms with van der Waals surface area (Å²) in [5.74, 6) is -0.0604. The van der Waals surface area contributed by atoms with E-state index < -0.39 is 0 Å². The number of carbonyl (C=O) groups is 1. The number of aryl methyl sites for hydroxylation is 1. The minimum Gasteiger partial charge on any atom is -0.293 e. The van der Waals surface area contributed by atoms with Crippen molar-refractivity contribution in [3.05, 3.63) is 75.5 Å². The average molecular weight is 442 g/mol. The lowest BCUT2D eigenvalue weighted by molar-refractivity contribution is -0.116. The molecule has 0 bridgehead atoms. The van der Waals surface area contributed by atoms with Gasteiger partial charge in [-0.1, -0.05) is 34.1 Å². The van der Waals surface area contributed by atoms with Crippen LogP contribution < -0.4 is 11.0 Å². The summed E-state index contributed by atoms with van der Waals surface area (Å²) in [5, 5.41) is 11.1. The van der Waals surface area contributed by atoms with Crippen molar-refractivity contribution in [2.45, 2.75) is 19.5 Å². The maximum atomic E-state index is 12.2. The molecule has 0 aliphatic carbocycles. The predicted octanol–water partition coefficient (Wildman–Crippen LogP) is 1.93. The van der Waals surface area contributed by atoms with Crippen LogP contribution in [-0.4, -0.2) is 34.9 Å². The van der Waals surface area contributed by atoms with Crippen LogP contribution in [0.4, 0.5) is 5.95 Å². The summed E-state index contributed by atoms with van der Waals surface area (Å²) in [6.07, 6.45) is 3.29. The highest BCUT2D eigenvalue weighted by atomic mass is 79.9. The summed E-state index contributed by atoms with van der Waals surface area (Å²) in [6.45, 7) is 0.721. The molecule has 10 heteroatoms. The van der Waals surface area contributed by atoms with Crippen LogP contribution >= 0.6 is 15.9 Å². The fraction of sp³-hybridized carbons (Fsp3) is 0.167. The van der Waals surface area contributed by atoms with E-state index in [0.29, 0.717) is 12.2 Å². The van der Waals surface area contributed by atoms with Crippen molar-refractivity contribution in [2.24, 2.45) is 0 Å². The Morgan fingerprint density at radius 3 is 2.71 bits per heavy atom. The zero-order valence-electron chi connectivity index (χ0n) is 14.7. The van der Waals surface area contributed by atoms with Gasteiger partial charge >= 0.3 is 5.69 Å². The number of anilines is 1. The van der Waals surface area contributed by atoms with Gasteiger partial charge in [0.15, 0.2) is 5.65 Å². The van der Waals surface area contributed by atoms with Crippen molar-refractivity contribution < 1.29 is 4.79 Å². The van der Waals surface area contributed by atoms with Crippen LogP contribution in [-0.2, 0) is 17.9 Å². The molecule has 0 atom stereocenters. The zero-order valence-corrected chi connectivity index (χ0v) is 16.3. The fourth-order valence-corrected chi connectivity index (χ4v) is 2.98. The first-order valence-electron chi connectivity index (χ1n) is 8.56. The van der Waals surface area contributed by atoms with Crippen molar-refractivity contribution in [3.8, 4) is 0 Å². The van der Waals surface area contributed by atoms with Gasteiger partial charge in [0.2, 0.25) is 11.9 Å². The van der Waals surface area contributed by atoms with Gasteiger partial charge < -0.3 is 0 Å². The van der Waals surface area contributed by atoms with Crippen molar-refractivity contribution in [1.29, 1.82) is 0 Å². The smallest absolute Gasteiger partial charge is 0.293 e. The molecule has 0 radical (unpaired) electrons. The van der Waals surface area contributed by atoms with Crippen LogP contribution in [0, 0.1) is 0 Å². The first-order chi connectivity index (χ1) is 13.6. The lowest BCUT2D eigenvalue weighted by Gasteiger charge is -2.02. The number of nitrogens with zero attached hydrogens (tertiary/aromatic N) is 6. The molecule has 0 saturated heterocycles. The summed E-state index contributed by atoms with van der Waals surface area (Å²) in [7, 11) is 0. The Hall–Kier alpha value is -3.27. The molecule has 142 valence electrons. The summed E-state index contributed by atoms with van der Waals surface area (Å²) in [6, 6.07) is 13.2. The van der Waals surface area contributed by atoms with Crippen molar-refractivity contribution in [3.63, 3.8) is 0 Å². The van der Waals surface area contributed by atoms with E-state index in [1.807, 2.05) is 24.3 Å². The number of halogens is 1. The summed E-state index contributed by atoms with van der Waals surface area (Å²) >= 11 is 3.40. The molecule has 3 aromatic heterocycles. The van der Waals surface area contributed by atoms with Gasteiger partial charge in [-0.3, -0.25) is 14.5 Å². The highest BCUT2D eigenvalue weighted by Gasteiger charge is 2.10. The first-order valence-corrected chi connectivity index (χ1v) is 9.36. The second-order valence-electron chi connectivity index (χ2n) is 6.12. The molecule has 0 fully saturated rings. The number of nitrogens with one attached hydrogen (secondary N) is 1. The Morgan fingerprint density at radius 1 is 1.11 bits per heavy atom. The van der Waals surface area contributed by atoms with E-state index in [1.165, 1.54) is 9.08 Å². The van der Waals surface area contributed by atoms with Crippen LogP contribution in [0.2, 0.25) is 0 Å². The molecule has 9 nitrogen and oxygen atoms in total. The van der Waals surface area contributed by atoms with E-state index in [-0.39, 0.29) is 30.5 Å². The maximum absolute atomic E-state index is 12.2. The van der Waals surface area contributed by atoms with E-state index in [2.05, 4.69) is 36.4 Å². The molecule has 0 spiro atoms. The summed E-state index contributed by atoms with van der Waals surface area (Å²) in [5.41, 5.74) is 1.33. The van der Waals surface area contributed by atoms with Gasteiger partial charge in [0, 0.05) is 17.1 Å². The van der Waals surface area contributed by atoms with Gasteiger partial charge in [-0.25, -0.2) is 19.1 Å². The molecule has 4 aromatic rings. The van der Waals surface area contributed by atoms with Crippen molar-refractivity contribution in [2.75, 3.05) is 5.32 Å². The van der Waals surface area contributed by atoms with E-state index in [9.17, 15) is 9.59 Å². The number of rotatable bonds is 6. The molecule has 3 heterocycles. The number of carbonyl (C=O) groups excluding carboxylic acids is 1. The number of hydrogen-bond donors (Lipinski definition) is 1. The molecule has 0 saturated carbocycles. The van der Waals surface area contributed by atoms with E-state index in [1.54, 1.807) is 35.4 Å². The van der Waals surface area contributed by atoms with Gasteiger partial charge in [0.1, 0.15) is 6.33 Å². The van der Waals surface area contributed by atoms with Gasteiger partial charge in [0.25, 0.3) is 0 Å². The Labute approximate surface area is 167 Å². The highest BCUT2D eigenvalue weighted by molar-refractivity contribution is 9.10. The Balaban J connectivity index is 1.35. The Morgan fingerprint density at radius 2 is 1.93 bits per heavy atom. The standard InChI is InChI=1S/C18H16BrN7O2/c19-14-6-4-13(5-7-14)11-24-12-20-17(23-24)21-16(27)8-10-26-18(28)25-9-2-1-3-15(25)22-26/h1-7,9,12H,8,10-11H2,(H,21,23,27). The quantitative estimate of drug-likeness (QED) is 0.492. The molecule has 1 N–H and O–H groups in total. The second-order valence-corrected chi connectivity index (χ2v) is 7.04. The van der Waals surface area contributed by atoms with Crippen LogP contribution in [0.1, 0.15) is 12.0 Å². The van der Waals surface area contributed by atoms with Crippen molar-refractivity contribution >= 4 is 33.4 Å². The molecular weight excluding hydrogens is 426 g/mol. The lowest BCUT2D eigenvalue weighted by Crippen LogP contribution is -2.24. The molecule has 0 aliphatic heterocycles. The van der Waals surface area contributed by atoms with Crippen LogP contribution in [0.3, 0.4) is 0 Å². The fourth-order valence-electron chi connectivity index (χ4n) is 2.71. The number of amides is 1. The van der Waals surface area contributed by atoms with Crippen molar-refractivity contribution in [1.82, 2.24) is 28.9 Å². The molecule has 28 heavy (non-hydrogen) atoms. The Kier molecular flexibility index (Phi) is 5.02. The monoisotopic (exact) mass is 441 g/mol. The van der Waals surface area contributed by atoms with Gasteiger partial charge in [-0.15, -0.1) is 10.2 Å². The summed E-state index contributed by atoms with van der Waals surface area (Å²) < 4.78 is 5.36.